The lowest BCUT2D eigenvalue weighted by atomic mass is 10.3. The fourth-order valence-electron chi connectivity index (χ4n) is 1.09. The molecule has 1 aromatic rings. The van der Waals surface area contributed by atoms with Crippen LogP contribution in [0.4, 0.5) is 5.82 Å². The van der Waals surface area contributed by atoms with Crippen molar-refractivity contribution in [2.45, 2.75) is 13.0 Å². The lowest BCUT2D eigenvalue weighted by Gasteiger charge is -2.11. The van der Waals surface area contributed by atoms with E-state index in [1.54, 1.807) is 6.07 Å². The molecule has 1 heterocycles. The largest absolute Gasteiger partial charge is 0.383 e. The van der Waals surface area contributed by atoms with Gasteiger partial charge in [-0.15, -0.1) is 0 Å². The molecule has 1 amide bonds. The van der Waals surface area contributed by atoms with Gasteiger partial charge in [-0.25, -0.2) is 4.98 Å². The number of methoxy groups -OCH3 is 1. The van der Waals surface area contributed by atoms with E-state index in [1.807, 2.05) is 13.0 Å². The second-order valence-electron chi connectivity index (χ2n) is 3.31. The average Bonchev–Trinajstić information content (AvgIpc) is 2.24. The van der Waals surface area contributed by atoms with Crippen LogP contribution in [0.25, 0.3) is 0 Å². The molecule has 1 atom stereocenters. The van der Waals surface area contributed by atoms with Gasteiger partial charge in [-0.3, -0.25) is 4.79 Å². The minimum atomic E-state index is -0.684. The van der Waals surface area contributed by atoms with Crippen molar-refractivity contribution in [2.24, 2.45) is 5.73 Å². The highest BCUT2D eigenvalue weighted by molar-refractivity contribution is 9.10. The number of rotatable bonds is 4. The SMILES string of the molecule is COCC(N)C(=O)Nc1ccc(Br)c(C)n1. The van der Waals surface area contributed by atoms with E-state index < -0.39 is 6.04 Å². The molecule has 0 radical (unpaired) electrons. The summed E-state index contributed by atoms with van der Waals surface area (Å²) in [4.78, 5) is 15.7. The molecular formula is C10H14BrN3O2. The normalized spacial score (nSPS) is 12.2. The minimum Gasteiger partial charge on any atom is -0.383 e. The Morgan fingerprint density at radius 2 is 2.38 bits per heavy atom. The van der Waals surface area contributed by atoms with Gasteiger partial charge in [0.25, 0.3) is 0 Å². The van der Waals surface area contributed by atoms with E-state index in [1.165, 1.54) is 7.11 Å². The van der Waals surface area contributed by atoms with Crippen LogP contribution in [0.1, 0.15) is 5.69 Å². The third-order valence-corrected chi connectivity index (χ3v) is 2.79. The van der Waals surface area contributed by atoms with Crippen molar-refractivity contribution in [3.8, 4) is 0 Å². The van der Waals surface area contributed by atoms with Gasteiger partial charge in [-0.1, -0.05) is 0 Å². The third-order valence-electron chi connectivity index (χ3n) is 1.96. The van der Waals surface area contributed by atoms with Crippen molar-refractivity contribution in [1.82, 2.24) is 4.98 Å². The number of aryl methyl sites for hydroxylation is 1. The summed E-state index contributed by atoms with van der Waals surface area (Å²) in [5.74, 6) is 0.174. The van der Waals surface area contributed by atoms with Crippen molar-refractivity contribution in [2.75, 3.05) is 19.0 Å². The first-order valence-corrected chi connectivity index (χ1v) is 5.52. The Morgan fingerprint density at radius 3 is 2.94 bits per heavy atom. The molecule has 6 heteroatoms. The van der Waals surface area contributed by atoms with Crippen molar-refractivity contribution in [1.29, 1.82) is 0 Å². The van der Waals surface area contributed by atoms with E-state index in [4.69, 9.17) is 10.5 Å². The molecular weight excluding hydrogens is 274 g/mol. The molecule has 16 heavy (non-hydrogen) atoms. The second-order valence-corrected chi connectivity index (χ2v) is 4.17. The first-order valence-electron chi connectivity index (χ1n) is 4.73. The summed E-state index contributed by atoms with van der Waals surface area (Å²) in [6, 6.07) is 2.84. The number of halogens is 1. The molecule has 1 rings (SSSR count). The van der Waals surface area contributed by atoms with Crippen LogP contribution in [0, 0.1) is 6.92 Å². The first-order chi connectivity index (χ1) is 7.54. The third kappa shape index (κ3) is 3.55. The Bertz CT molecular complexity index is 384. The molecule has 0 aliphatic rings. The summed E-state index contributed by atoms with van der Waals surface area (Å²) >= 11 is 3.33. The van der Waals surface area contributed by atoms with Gasteiger partial charge in [0.15, 0.2) is 0 Å². The van der Waals surface area contributed by atoms with E-state index in [0.29, 0.717) is 5.82 Å². The van der Waals surface area contributed by atoms with E-state index in [2.05, 4.69) is 26.2 Å². The highest BCUT2D eigenvalue weighted by atomic mass is 79.9. The van der Waals surface area contributed by atoms with Crippen LogP contribution in [0.3, 0.4) is 0 Å². The number of pyridine rings is 1. The number of carbonyl (C=O) groups excluding carboxylic acids is 1. The molecule has 3 N–H and O–H groups in total. The van der Waals surface area contributed by atoms with E-state index in [9.17, 15) is 4.79 Å². The lowest BCUT2D eigenvalue weighted by Crippen LogP contribution is -2.39. The van der Waals surface area contributed by atoms with E-state index in [-0.39, 0.29) is 12.5 Å². The Labute approximate surface area is 103 Å². The first kappa shape index (κ1) is 13.1. The number of aromatic nitrogens is 1. The van der Waals surface area contributed by atoms with Gasteiger partial charge in [-0.2, -0.15) is 0 Å². The predicted octanol–water partition coefficient (Wildman–Crippen LogP) is 1.06. The van der Waals surface area contributed by atoms with Crippen LogP contribution in [0.5, 0.6) is 0 Å². The molecule has 0 saturated carbocycles. The fraction of sp³-hybridized carbons (Fsp3) is 0.400. The smallest absolute Gasteiger partial charge is 0.244 e. The zero-order valence-electron chi connectivity index (χ0n) is 9.16. The topological polar surface area (TPSA) is 77.2 Å². The van der Waals surface area contributed by atoms with Gasteiger partial charge in [0.2, 0.25) is 5.91 Å². The van der Waals surface area contributed by atoms with E-state index >= 15 is 0 Å². The fourth-order valence-corrected chi connectivity index (χ4v) is 1.31. The molecule has 88 valence electrons. The minimum absolute atomic E-state index is 0.182. The van der Waals surface area contributed by atoms with Gasteiger partial charge in [0.1, 0.15) is 11.9 Å². The summed E-state index contributed by atoms with van der Waals surface area (Å²) in [5.41, 5.74) is 6.37. The molecule has 1 unspecified atom stereocenters. The number of hydrogen-bond donors (Lipinski definition) is 2. The van der Waals surface area contributed by atoms with Crippen molar-refractivity contribution >= 4 is 27.7 Å². The zero-order chi connectivity index (χ0) is 12.1. The molecule has 0 bridgehead atoms. The zero-order valence-corrected chi connectivity index (χ0v) is 10.7. The molecule has 0 saturated heterocycles. The van der Waals surface area contributed by atoms with Gasteiger partial charge < -0.3 is 15.8 Å². The van der Waals surface area contributed by atoms with Crippen LogP contribution < -0.4 is 11.1 Å². The van der Waals surface area contributed by atoms with Crippen LogP contribution in [0.15, 0.2) is 16.6 Å². The van der Waals surface area contributed by atoms with Crippen molar-refractivity contribution in [3.05, 3.63) is 22.3 Å². The maximum absolute atomic E-state index is 11.5. The second kappa shape index (κ2) is 5.93. The maximum Gasteiger partial charge on any atom is 0.244 e. The molecule has 1 aromatic heterocycles. The molecule has 0 spiro atoms. The number of carbonyl (C=O) groups is 1. The number of anilines is 1. The van der Waals surface area contributed by atoms with Crippen molar-refractivity contribution in [3.63, 3.8) is 0 Å². The number of ether oxygens (including phenoxy) is 1. The quantitative estimate of drug-likeness (QED) is 0.868. The number of nitrogens with zero attached hydrogens (tertiary/aromatic N) is 1. The highest BCUT2D eigenvalue weighted by Gasteiger charge is 2.13. The molecule has 0 aromatic carbocycles. The Balaban J connectivity index is 2.66. The van der Waals surface area contributed by atoms with Crippen LogP contribution >= 0.6 is 15.9 Å². The number of hydrogen-bond acceptors (Lipinski definition) is 4. The molecule has 0 aliphatic heterocycles. The molecule has 5 nitrogen and oxygen atoms in total. The van der Waals surface area contributed by atoms with Crippen LogP contribution in [-0.2, 0) is 9.53 Å². The Kier molecular flexibility index (Phi) is 4.85. The molecule has 0 aliphatic carbocycles. The van der Waals surface area contributed by atoms with Gasteiger partial charge in [0, 0.05) is 11.6 Å². The predicted molar refractivity (Wildman–Crippen MR) is 65.2 cm³/mol. The summed E-state index contributed by atoms with van der Waals surface area (Å²) in [7, 11) is 1.50. The van der Waals surface area contributed by atoms with E-state index in [0.717, 1.165) is 10.2 Å². The Morgan fingerprint density at radius 1 is 1.69 bits per heavy atom. The number of nitrogens with two attached hydrogens (primary N) is 1. The summed E-state index contributed by atoms with van der Waals surface area (Å²) < 4.78 is 5.69. The van der Waals surface area contributed by atoms with Crippen LogP contribution in [0.2, 0.25) is 0 Å². The molecule has 0 fully saturated rings. The van der Waals surface area contributed by atoms with Gasteiger partial charge in [-0.05, 0) is 35.0 Å². The Hall–Kier alpha value is -0.980. The summed E-state index contributed by atoms with van der Waals surface area (Å²) in [5, 5.41) is 2.62. The van der Waals surface area contributed by atoms with Crippen LogP contribution in [-0.4, -0.2) is 30.6 Å². The number of amides is 1. The van der Waals surface area contributed by atoms with Gasteiger partial charge in [0.05, 0.1) is 12.3 Å². The summed E-state index contributed by atoms with van der Waals surface area (Å²) in [6.45, 7) is 2.02. The summed E-state index contributed by atoms with van der Waals surface area (Å²) in [6.07, 6.45) is 0. The standard InChI is InChI=1S/C10H14BrN3O2/c1-6-7(11)3-4-9(13-6)14-10(15)8(12)5-16-2/h3-4,8H,5,12H2,1-2H3,(H,13,14,15). The number of nitrogens with one attached hydrogen (secondary N) is 1. The highest BCUT2D eigenvalue weighted by Crippen LogP contribution is 2.16. The van der Waals surface area contributed by atoms with Gasteiger partial charge >= 0.3 is 0 Å². The maximum atomic E-state index is 11.5. The van der Waals surface area contributed by atoms with Crippen molar-refractivity contribution < 1.29 is 9.53 Å². The monoisotopic (exact) mass is 287 g/mol. The lowest BCUT2D eigenvalue weighted by molar-refractivity contribution is -0.118. The average molecular weight is 288 g/mol.